The fourth-order valence-electron chi connectivity index (χ4n) is 2.24. The molecule has 2 N–H and O–H groups in total. The second kappa shape index (κ2) is 5.38. The highest BCUT2D eigenvalue weighted by atomic mass is 32.2. The fourth-order valence-corrected chi connectivity index (χ4v) is 2.81. The molecule has 1 aliphatic rings. The molecule has 0 amide bonds. The van der Waals surface area contributed by atoms with Gasteiger partial charge in [-0.1, -0.05) is 0 Å². The second-order valence-electron chi connectivity index (χ2n) is 4.52. The van der Waals surface area contributed by atoms with Gasteiger partial charge in [0.2, 0.25) is 0 Å². The van der Waals surface area contributed by atoms with Crippen LogP contribution in [0.25, 0.3) is 0 Å². The monoisotopic (exact) mass is 216 g/mol. The van der Waals surface area contributed by atoms with Crippen molar-refractivity contribution >= 4 is 11.8 Å². The van der Waals surface area contributed by atoms with Crippen LogP contribution in [0.5, 0.6) is 0 Å². The average Bonchev–Trinajstić information content (AvgIpc) is 2.13. The van der Waals surface area contributed by atoms with Crippen molar-refractivity contribution in [2.45, 2.75) is 44.2 Å². The Balaban J connectivity index is 2.41. The van der Waals surface area contributed by atoms with Crippen LogP contribution in [-0.4, -0.2) is 42.1 Å². The van der Waals surface area contributed by atoms with Gasteiger partial charge in [-0.15, -0.1) is 0 Å². The lowest BCUT2D eigenvalue weighted by Crippen LogP contribution is -2.59. The molecule has 0 saturated heterocycles. The molecule has 0 aromatic carbocycles. The third-order valence-electron chi connectivity index (χ3n) is 3.81. The molecule has 0 heterocycles. The SMILES string of the molecule is CSCCC(C)N(C)C1(CN)CCC1. The summed E-state index contributed by atoms with van der Waals surface area (Å²) < 4.78 is 0. The van der Waals surface area contributed by atoms with Crippen molar-refractivity contribution in [1.29, 1.82) is 0 Å². The molecule has 3 heteroatoms. The highest BCUT2D eigenvalue weighted by Gasteiger charge is 2.40. The number of rotatable bonds is 6. The Morgan fingerprint density at radius 3 is 2.50 bits per heavy atom. The minimum absolute atomic E-state index is 0.345. The molecule has 84 valence electrons. The molecule has 1 atom stereocenters. The summed E-state index contributed by atoms with van der Waals surface area (Å²) in [7, 11) is 2.25. The van der Waals surface area contributed by atoms with E-state index in [1.165, 1.54) is 31.4 Å². The number of nitrogens with two attached hydrogens (primary N) is 1. The molecular weight excluding hydrogens is 192 g/mol. The van der Waals surface area contributed by atoms with Crippen molar-refractivity contribution in [2.24, 2.45) is 5.73 Å². The first kappa shape index (κ1) is 12.3. The molecule has 1 rings (SSSR count). The number of likely N-dealkylation sites (N-methyl/N-ethyl adjacent to an activating group) is 1. The predicted octanol–water partition coefficient (Wildman–Crippen LogP) is 1.94. The smallest absolute Gasteiger partial charge is 0.0331 e. The Morgan fingerprint density at radius 2 is 2.14 bits per heavy atom. The van der Waals surface area contributed by atoms with Crippen LogP contribution in [-0.2, 0) is 0 Å². The van der Waals surface area contributed by atoms with Gasteiger partial charge in [0.25, 0.3) is 0 Å². The van der Waals surface area contributed by atoms with Gasteiger partial charge in [-0.2, -0.15) is 11.8 Å². The Labute approximate surface area is 92.6 Å². The normalized spacial score (nSPS) is 22.1. The van der Waals surface area contributed by atoms with Crippen LogP contribution < -0.4 is 5.73 Å². The van der Waals surface area contributed by atoms with Crippen molar-refractivity contribution < 1.29 is 0 Å². The van der Waals surface area contributed by atoms with Gasteiger partial charge in [0.15, 0.2) is 0 Å². The van der Waals surface area contributed by atoms with Crippen LogP contribution in [0.2, 0.25) is 0 Å². The summed E-state index contributed by atoms with van der Waals surface area (Å²) in [6.45, 7) is 3.15. The number of nitrogens with zero attached hydrogens (tertiary/aromatic N) is 1. The summed E-state index contributed by atoms with van der Waals surface area (Å²) in [5.41, 5.74) is 6.23. The Morgan fingerprint density at radius 1 is 1.50 bits per heavy atom. The lowest BCUT2D eigenvalue weighted by atomic mass is 9.75. The van der Waals surface area contributed by atoms with Crippen LogP contribution in [0.3, 0.4) is 0 Å². The first-order valence-electron chi connectivity index (χ1n) is 5.58. The largest absolute Gasteiger partial charge is 0.329 e. The molecule has 0 aliphatic heterocycles. The zero-order valence-electron chi connectivity index (χ0n) is 9.75. The van der Waals surface area contributed by atoms with Gasteiger partial charge in [-0.25, -0.2) is 0 Å². The van der Waals surface area contributed by atoms with E-state index in [1.807, 2.05) is 11.8 Å². The van der Waals surface area contributed by atoms with E-state index in [0.29, 0.717) is 11.6 Å². The van der Waals surface area contributed by atoms with Gasteiger partial charge in [-0.3, -0.25) is 4.90 Å². The van der Waals surface area contributed by atoms with Crippen molar-refractivity contribution in [1.82, 2.24) is 4.90 Å². The molecule has 0 radical (unpaired) electrons. The van der Waals surface area contributed by atoms with Crippen molar-refractivity contribution in [3.8, 4) is 0 Å². The van der Waals surface area contributed by atoms with Crippen LogP contribution >= 0.6 is 11.8 Å². The maximum Gasteiger partial charge on any atom is 0.0331 e. The van der Waals surface area contributed by atoms with E-state index in [2.05, 4.69) is 25.1 Å². The van der Waals surface area contributed by atoms with Crippen molar-refractivity contribution in [2.75, 3.05) is 25.6 Å². The summed E-state index contributed by atoms with van der Waals surface area (Å²) >= 11 is 1.93. The zero-order valence-corrected chi connectivity index (χ0v) is 10.6. The summed E-state index contributed by atoms with van der Waals surface area (Å²) in [6.07, 6.45) is 7.40. The van der Waals surface area contributed by atoms with Gasteiger partial charge in [0.1, 0.15) is 0 Å². The van der Waals surface area contributed by atoms with E-state index in [-0.39, 0.29) is 0 Å². The molecule has 0 aromatic heterocycles. The van der Waals surface area contributed by atoms with Crippen LogP contribution in [0.4, 0.5) is 0 Å². The predicted molar refractivity (Wildman–Crippen MR) is 65.9 cm³/mol. The molecule has 1 saturated carbocycles. The van der Waals surface area contributed by atoms with E-state index >= 15 is 0 Å². The lowest BCUT2D eigenvalue weighted by Gasteiger charge is -2.50. The second-order valence-corrected chi connectivity index (χ2v) is 5.51. The van der Waals surface area contributed by atoms with Crippen LogP contribution in [0, 0.1) is 0 Å². The molecule has 1 unspecified atom stereocenters. The third-order valence-corrected chi connectivity index (χ3v) is 4.46. The molecule has 0 aromatic rings. The molecule has 14 heavy (non-hydrogen) atoms. The summed E-state index contributed by atoms with van der Waals surface area (Å²) in [5.74, 6) is 1.26. The first-order valence-corrected chi connectivity index (χ1v) is 6.97. The average molecular weight is 216 g/mol. The minimum atomic E-state index is 0.345. The fraction of sp³-hybridized carbons (Fsp3) is 1.00. The minimum Gasteiger partial charge on any atom is -0.329 e. The van der Waals surface area contributed by atoms with Gasteiger partial charge in [-0.05, 0) is 51.7 Å². The maximum absolute atomic E-state index is 5.89. The van der Waals surface area contributed by atoms with Gasteiger partial charge in [0, 0.05) is 18.1 Å². The number of hydrogen-bond acceptors (Lipinski definition) is 3. The summed E-state index contributed by atoms with van der Waals surface area (Å²) in [5, 5.41) is 0. The molecule has 1 fully saturated rings. The van der Waals surface area contributed by atoms with Crippen molar-refractivity contribution in [3.63, 3.8) is 0 Å². The third kappa shape index (κ3) is 2.44. The lowest BCUT2D eigenvalue weighted by molar-refractivity contribution is 0.0163. The van der Waals surface area contributed by atoms with Gasteiger partial charge < -0.3 is 5.73 Å². The standard InChI is InChI=1S/C11H24N2S/c1-10(5-8-14-3)13(2)11(9-12)6-4-7-11/h10H,4-9,12H2,1-3H3. The Hall–Kier alpha value is 0.270. The molecule has 0 bridgehead atoms. The van der Waals surface area contributed by atoms with Gasteiger partial charge >= 0.3 is 0 Å². The van der Waals surface area contributed by atoms with E-state index in [1.54, 1.807) is 0 Å². The molecule has 0 spiro atoms. The van der Waals surface area contributed by atoms with Crippen LogP contribution in [0.1, 0.15) is 32.6 Å². The number of thioether (sulfide) groups is 1. The highest BCUT2D eigenvalue weighted by Crippen LogP contribution is 2.37. The van der Waals surface area contributed by atoms with E-state index < -0.39 is 0 Å². The Kier molecular flexibility index (Phi) is 4.74. The van der Waals surface area contributed by atoms with E-state index in [4.69, 9.17) is 5.73 Å². The molecular formula is C11H24N2S. The molecule has 1 aliphatic carbocycles. The van der Waals surface area contributed by atoms with Gasteiger partial charge in [0.05, 0.1) is 0 Å². The van der Waals surface area contributed by atoms with Crippen molar-refractivity contribution in [3.05, 3.63) is 0 Å². The van der Waals surface area contributed by atoms with E-state index in [9.17, 15) is 0 Å². The maximum atomic E-state index is 5.89. The van der Waals surface area contributed by atoms with E-state index in [0.717, 1.165) is 6.54 Å². The van der Waals surface area contributed by atoms with Crippen LogP contribution in [0.15, 0.2) is 0 Å². The zero-order chi connectivity index (χ0) is 10.6. The number of hydrogen-bond donors (Lipinski definition) is 1. The molecule has 2 nitrogen and oxygen atoms in total. The summed E-state index contributed by atoms with van der Waals surface area (Å²) in [4.78, 5) is 2.52. The highest BCUT2D eigenvalue weighted by molar-refractivity contribution is 7.98. The first-order chi connectivity index (χ1) is 6.66. The Bertz CT molecular complexity index is 163. The quantitative estimate of drug-likeness (QED) is 0.736. The topological polar surface area (TPSA) is 29.3 Å². The summed E-state index contributed by atoms with van der Waals surface area (Å²) in [6, 6.07) is 0.672.